The molecule has 0 aliphatic heterocycles. The van der Waals surface area contributed by atoms with Gasteiger partial charge in [-0.05, 0) is 23.6 Å². The van der Waals surface area contributed by atoms with Gasteiger partial charge in [0, 0.05) is 69.3 Å². The molecule has 1 radical (unpaired) electrons. The van der Waals surface area contributed by atoms with E-state index in [-0.39, 0.29) is 80.3 Å². The van der Waals surface area contributed by atoms with Crippen LogP contribution in [0.25, 0.3) is 10.8 Å². The second kappa shape index (κ2) is 8.22. The maximum Gasteiger partial charge on any atom is 0.572 e. The molecule has 0 spiro atoms. The second-order valence-electron chi connectivity index (χ2n) is 4.03. The summed E-state index contributed by atoms with van der Waals surface area (Å²) < 4.78 is 49.8. The molecular weight excluding hydrogens is 307 g/mol. The quantitative estimate of drug-likeness (QED) is 0.489. The summed E-state index contributed by atoms with van der Waals surface area (Å²) in [6.45, 7) is -0.0720. The Kier molecular flexibility index (Phi) is 7.27. The molecule has 0 aliphatic carbocycles. The molecule has 0 bridgehead atoms. The molecule has 0 aromatic heterocycles. The van der Waals surface area contributed by atoms with E-state index in [0.717, 1.165) is 12.1 Å². The molecule has 2 nitrogen and oxygen atoms in total. The van der Waals surface area contributed by atoms with E-state index >= 15 is 0 Å². The van der Waals surface area contributed by atoms with Crippen LogP contribution in [0, 0.1) is 18.2 Å². The first-order valence-corrected chi connectivity index (χ1v) is 5.71. The standard InChI is InChI=1S/C14H10BF3O2.K/c1-3-11-13(16)5-4-9-6-10(20-8-19-2)7-12(14(9)11)15(17)18;/h1,4-7H,8H2,2H3;. The molecular formula is C14H10BF3KO2. The van der Waals surface area contributed by atoms with Gasteiger partial charge >= 0.3 is 7.27 Å². The van der Waals surface area contributed by atoms with Crippen LogP contribution in [0.2, 0.25) is 0 Å². The van der Waals surface area contributed by atoms with Gasteiger partial charge in [0.25, 0.3) is 0 Å². The summed E-state index contributed by atoms with van der Waals surface area (Å²) in [5.41, 5.74) is -0.530. The molecule has 0 amide bonds. The van der Waals surface area contributed by atoms with Crippen LogP contribution >= 0.6 is 0 Å². The van der Waals surface area contributed by atoms with Gasteiger partial charge in [0.2, 0.25) is 0 Å². The van der Waals surface area contributed by atoms with Crippen molar-refractivity contribution in [2.24, 2.45) is 0 Å². The van der Waals surface area contributed by atoms with Crippen LogP contribution in [0.5, 0.6) is 5.75 Å². The molecule has 2 aromatic rings. The Balaban J connectivity index is 0.00000220. The molecule has 0 saturated carbocycles. The molecule has 2 rings (SSSR count). The minimum atomic E-state index is -2.79. The van der Waals surface area contributed by atoms with Crippen LogP contribution in [0.1, 0.15) is 5.56 Å². The van der Waals surface area contributed by atoms with Crippen molar-refractivity contribution in [3.63, 3.8) is 0 Å². The summed E-state index contributed by atoms with van der Waals surface area (Å²) in [6.07, 6.45) is 5.22. The molecule has 0 N–H and O–H groups in total. The van der Waals surface area contributed by atoms with Crippen molar-refractivity contribution >= 4 is 74.9 Å². The molecule has 0 aliphatic rings. The Morgan fingerprint density at radius 1 is 1.29 bits per heavy atom. The number of ether oxygens (including phenoxy) is 2. The van der Waals surface area contributed by atoms with Crippen LogP contribution in [0.15, 0.2) is 24.3 Å². The third kappa shape index (κ3) is 4.03. The van der Waals surface area contributed by atoms with Crippen molar-refractivity contribution in [1.29, 1.82) is 0 Å². The van der Waals surface area contributed by atoms with E-state index in [1.54, 1.807) is 0 Å². The molecule has 0 unspecified atom stereocenters. The predicted molar refractivity (Wildman–Crippen MR) is 77.7 cm³/mol. The molecule has 21 heavy (non-hydrogen) atoms. The third-order valence-electron chi connectivity index (χ3n) is 2.79. The predicted octanol–water partition coefficient (Wildman–Crippen LogP) is 2.20. The summed E-state index contributed by atoms with van der Waals surface area (Å²) in [5, 5.41) is 0.426. The van der Waals surface area contributed by atoms with Gasteiger partial charge in [-0.1, -0.05) is 12.0 Å². The Bertz CT molecular complexity index is 686. The largest absolute Gasteiger partial charge is 0.572 e. The molecule has 103 valence electrons. The van der Waals surface area contributed by atoms with Crippen LogP contribution in [0.4, 0.5) is 13.0 Å². The van der Waals surface area contributed by atoms with Crippen LogP contribution in [-0.4, -0.2) is 72.6 Å². The first-order chi connectivity index (χ1) is 9.58. The number of fused-ring (bicyclic) bond motifs is 1. The average Bonchev–Trinajstić information content (AvgIpc) is 2.44. The third-order valence-corrected chi connectivity index (χ3v) is 2.79. The van der Waals surface area contributed by atoms with Gasteiger partial charge in [-0.2, -0.15) is 0 Å². The first-order valence-electron chi connectivity index (χ1n) is 5.71. The smallest absolute Gasteiger partial charge is 0.468 e. The minimum Gasteiger partial charge on any atom is -0.468 e. The van der Waals surface area contributed by atoms with Gasteiger partial charge in [-0.25, -0.2) is 4.39 Å². The van der Waals surface area contributed by atoms with E-state index in [2.05, 4.69) is 5.92 Å². The molecule has 2 aromatic carbocycles. The maximum atomic E-state index is 13.6. The summed E-state index contributed by atoms with van der Waals surface area (Å²) >= 11 is 0. The van der Waals surface area contributed by atoms with Gasteiger partial charge in [0.05, 0.1) is 5.56 Å². The Morgan fingerprint density at radius 2 is 2.00 bits per heavy atom. The van der Waals surface area contributed by atoms with Crippen molar-refractivity contribution < 1.29 is 22.5 Å². The number of hydrogen-bond acceptors (Lipinski definition) is 2. The van der Waals surface area contributed by atoms with Crippen molar-refractivity contribution in [3.8, 4) is 18.1 Å². The number of terminal acetylenes is 1. The number of rotatable bonds is 4. The zero-order chi connectivity index (χ0) is 14.7. The molecule has 0 saturated heterocycles. The molecule has 0 atom stereocenters. The average molecular weight is 317 g/mol. The fourth-order valence-electron chi connectivity index (χ4n) is 1.97. The van der Waals surface area contributed by atoms with E-state index in [0.29, 0.717) is 5.39 Å². The fraction of sp³-hybridized carbons (Fsp3) is 0.143. The van der Waals surface area contributed by atoms with E-state index in [4.69, 9.17) is 15.9 Å². The molecule has 0 heterocycles. The van der Waals surface area contributed by atoms with Gasteiger partial charge in [0.15, 0.2) is 6.79 Å². The minimum absolute atomic E-state index is 0. The summed E-state index contributed by atoms with van der Waals surface area (Å²) in [5.74, 6) is 1.63. The number of methoxy groups -OCH3 is 1. The van der Waals surface area contributed by atoms with Crippen molar-refractivity contribution in [2.45, 2.75) is 0 Å². The summed E-state index contributed by atoms with van der Waals surface area (Å²) in [7, 11) is -1.38. The number of hydrogen-bond donors (Lipinski definition) is 0. The number of benzene rings is 2. The first kappa shape index (κ1) is 18.6. The van der Waals surface area contributed by atoms with E-state index in [1.165, 1.54) is 19.2 Å². The van der Waals surface area contributed by atoms with Gasteiger partial charge in [-0.3, -0.25) is 8.63 Å². The maximum absolute atomic E-state index is 13.6. The van der Waals surface area contributed by atoms with Crippen LogP contribution in [0.3, 0.4) is 0 Å². The van der Waals surface area contributed by atoms with Gasteiger partial charge in [-0.15, -0.1) is 6.42 Å². The summed E-state index contributed by atoms with van der Waals surface area (Å²) in [4.78, 5) is 0. The normalized spacial score (nSPS) is 9.86. The van der Waals surface area contributed by atoms with E-state index < -0.39 is 13.1 Å². The van der Waals surface area contributed by atoms with E-state index in [9.17, 15) is 13.0 Å². The van der Waals surface area contributed by atoms with Gasteiger partial charge in [0.1, 0.15) is 11.6 Å². The van der Waals surface area contributed by atoms with Crippen molar-refractivity contribution in [1.82, 2.24) is 0 Å². The van der Waals surface area contributed by atoms with Crippen molar-refractivity contribution in [3.05, 3.63) is 35.6 Å². The zero-order valence-corrected chi connectivity index (χ0v) is 14.7. The van der Waals surface area contributed by atoms with E-state index in [1.807, 2.05) is 0 Å². The Morgan fingerprint density at radius 3 is 2.57 bits per heavy atom. The fourth-order valence-corrected chi connectivity index (χ4v) is 1.97. The number of halogens is 3. The second-order valence-corrected chi connectivity index (χ2v) is 4.03. The molecule has 7 heteroatoms. The van der Waals surface area contributed by atoms with Gasteiger partial charge < -0.3 is 9.47 Å². The topological polar surface area (TPSA) is 18.5 Å². The zero-order valence-electron chi connectivity index (χ0n) is 11.6. The Labute approximate surface area is 163 Å². The van der Waals surface area contributed by atoms with Crippen LogP contribution in [-0.2, 0) is 4.74 Å². The SMILES string of the molecule is C#Cc1c(F)ccc2cc(OCOC)cc(B(F)F)c12.[K]. The summed E-state index contributed by atoms with van der Waals surface area (Å²) in [6, 6.07) is 5.19. The molecule has 0 fully saturated rings. The Hall–Kier alpha value is -0.489. The van der Waals surface area contributed by atoms with Crippen molar-refractivity contribution in [2.75, 3.05) is 13.9 Å². The monoisotopic (exact) mass is 317 g/mol. The van der Waals surface area contributed by atoms with Crippen LogP contribution < -0.4 is 10.2 Å².